The van der Waals surface area contributed by atoms with Crippen molar-refractivity contribution in [3.8, 4) is 0 Å². The van der Waals surface area contributed by atoms with Crippen molar-refractivity contribution in [2.45, 2.75) is 11.4 Å². The Morgan fingerprint density at radius 2 is 2.14 bits per heavy atom. The number of β-lactam (4-membered cyclic amide) rings is 1. The maximum absolute atomic E-state index is 13.0. The van der Waals surface area contributed by atoms with E-state index in [1.807, 2.05) is 0 Å². The minimum absolute atomic E-state index is 0.00925. The largest absolute Gasteiger partial charge is 0.477 e. The lowest BCUT2D eigenvalue weighted by Crippen LogP contribution is -2.71. The van der Waals surface area contributed by atoms with Gasteiger partial charge >= 0.3 is 17.1 Å². The number of thiol groups is 1. The van der Waals surface area contributed by atoms with Gasteiger partial charge in [0.05, 0.1) is 0 Å². The average Bonchev–Trinajstić information content (AvgIpc) is 3.29. The van der Waals surface area contributed by atoms with Crippen molar-refractivity contribution < 1.29 is 24.3 Å². The van der Waals surface area contributed by atoms with Gasteiger partial charge in [-0.2, -0.15) is 5.10 Å². The fraction of sp³-hybridized carbons (Fsp3) is 0.263. The number of allylic oxidation sites excluding steroid dienone is 1. The van der Waals surface area contributed by atoms with Gasteiger partial charge in [0.2, 0.25) is 0 Å². The first kappa shape index (κ1) is 26.2. The van der Waals surface area contributed by atoms with Crippen LogP contribution < -0.4 is 22.2 Å². The molecule has 2 aromatic rings. The molecule has 18 heteroatoms. The standard InChI is InChI=1S/C19H18N8O7S3/c1-26-12(23-24-14(29)16(26)31)8(35)3-6-4-36-17-10(15(30)27(17)11(6)18(32)33)22-13(28)9(25-34-2)7-5-37-19(20)21-7/h3,5,10,17,35H,4H2,1-2H3,(H2,20,21)(H,22,28)(H,24,29)(H,32,33). The highest BCUT2D eigenvalue weighted by molar-refractivity contribution is 8.00. The van der Waals surface area contributed by atoms with E-state index < -0.39 is 40.3 Å². The summed E-state index contributed by atoms with van der Waals surface area (Å²) in [7, 11) is 2.56. The highest BCUT2D eigenvalue weighted by Gasteiger charge is 2.54. The fourth-order valence-corrected chi connectivity index (χ4v) is 5.80. The molecule has 2 aliphatic rings. The monoisotopic (exact) mass is 566 g/mol. The molecule has 0 spiro atoms. The molecule has 2 unspecified atom stereocenters. The minimum atomic E-state index is -1.38. The van der Waals surface area contributed by atoms with Gasteiger partial charge in [0.25, 0.3) is 11.8 Å². The highest BCUT2D eigenvalue weighted by atomic mass is 32.2. The number of thioether (sulfide) groups is 1. The van der Waals surface area contributed by atoms with Crippen LogP contribution in [0.5, 0.6) is 0 Å². The van der Waals surface area contributed by atoms with E-state index in [0.29, 0.717) is 0 Å². The molecule has 1 fully saturated rings. The number of fused-ring (bicyclic) bond motifs is 1. The molecular formula is C19H18N8O7S3. The van der Waals surface area contributed by atoms with Crippen LogP contribution in [-0.4, -0.2) is 77.5 Å². The van der Waals surface area contributed by atoms with Crippen molar-refractivity contribution in [3.05, 3.63) is 55.0 Å². The molecular weight excluding hydrogens is 548 g/mol. The Labute approximate surface area is 220 Å². The molecule has 0 radical (unpaired) electrons. The van der Waals surface area contributed by atoms with E-state index in [-0.39, 0.29) is 44.3 Å². The quantitative estimate of drug-likeness (QED) is 0.0860. The van der Waals surface area contributed by atoms with Crippen LogP contribution in [-0.2, 0) is 26.3 Å². The Kier molecular flexibility index (Phi) is 7.23. The molecule has 15 nitrogen and oxygen atoms in total. The Balaban J connectivity index is 1.60. The first-order valence-electron chi connectivity index (χ1n) is 10.2. The number of amides is 2. The number of carboxylic acids is 1. The van der Waals surface area contributed by atoms with Crippen LogP contribution in [0.1, 0.15) is 11.5 Å². The van der Waals surface area contributed by atoms with Crippen LogP contribution in [0.25, 0.3) is 4.91 Å². The number of hydrogen-bond donors (Lipinski definition) is 5. The third-order valence-corrected chi connectivity index (χ3v) is 7.57. The molecule has 4 heterocycles. The number of carboxylic acid groups (broad SMARTS) is 1. The van der Waals surface area contributed by atoms with Gasteiger partial charge in [-0.05, 0) is 11.6 Å². The van der Waals surface area contributed by atoms with E-state index in [2.05, 4.69) is 38.3 Å². The Morgan fingerprint density at radius 1 is 1.41 bits per heavy atom. The number of H-pyrrole nitrogens is 1. The molecule has 5 N–H and O–H groups in total. The summed E-state index contributed by atoms with van der Waals surface area (Å²) >= 11 is 6.60. The van der Waals surface area contributed by atoms with Gasteiger partial charge in [0.1, 0.15) is 29.9 Å². The van der Waals surface area contributed by atoms with Gasteiger partial charge in [-0.1, -0.05) is 5.16 Å². The van der Waals surface area contributed by atoms with Crippen molar-refractivity contribution >= 4 is 69.3 Å². The van der Waals surface area contributed by atoms with Crippen molar-refractivity contribution in [3.63, 3.8) is 0 Å². The maximum atomic E-state index is 13.0. The number of nitrogen functional groups attached to an aromatic ring is 1. The van der Waals surface area contributed by atoms with Crippen molar-refractivity contribution in [1.82, 2.24) is 30.0 Å². The molecule has 194 valence electrons. The van der Waals surface area contributed by atoms with Gasteiger partial charge < -0.3 is 21.0 Å². The molecule has 37 heavy (non-hydrogen) atoms. The summed E-state index contributed by atoms with van der Waals surface area (Å²) in [6.07, 6.45) is 1.35. The molecule has 1 saturated heterocycles. The molecule has 0 aromatic carbocycles. The molecule has 2 amide bonds. The van der Waals surface area contributed by atoms with Crippen LogP contribution in [0.15, 0.2) is 37.5 Å². The number of thiazole rings is 1. The fourth-order valence-electron chi connectivity index (χ4n) is 3.59. The second kappa shape index (κ2) is 10.2. The first-order chi connectivity index (χ1) is 17.5. The summed E-state index contributed by atoms with van der Waals surface area (Å²) in [5.74, 6) is -2.66. The molecule has 4 rings (SSSR count). The third-order valence-electron chi connectivity index (χ3n) is 5.27. The topological polar surface area (TPSA) is 215 Å². The summed E-state index contributed by atoms with van der Waals surface area (Å²) in [5, 5.41) is 22.9. The lowest BCUT2D eigenvalue weighted by atomic mass is 10.0. The SMILES string of the molecule is CON=C(C(=O)NC1C(=O)N2C(C(=O)O)=C(C=C(S)c3n[nH]c(=O)c(=O)n3C)CSC12)c1csc(N)n1. The summed E-state index contributed by atoms with van der Waals surface area (Å²) in [6.45, 7) is 0. The van der Waals surface area contributed by atoms with E-state index in [1.54, 1.807) is 0 Å². The van der Waals surface area contributed by atoms with E-state index in [4.69, 9.17) is 10.6 Å². The smallest absolute Gasteiger partial charge is 0.352 e. The molecule has 0 saturated carbocycles. The number of carbonyl (C=O) groups excluding carboxylic acids is 2. The second-order valence-electron chi connectivity index (χ2n) is 7.50. The minimum Gasteiger partial charge on any atom is -0.477 e. The van der Waals surface area contributed by atoms with Gasteiger partial charge in [-0.3, -0.25) is 28.6 Å². The molecule has 2 aromatic heterocycles. The Bertz CT molecular complexity index is 1520. The number of hydrogen-bond acceptors (Lipinski definition) is 13. The van der Waals surface area contributed by atoms with Crippen molar-refractivity contribution in [2.75, 3.05) is 18.6 Å². The molecule has 2 atom stereocenters. The molecule has 0 bridgehead atoms. The lowest BCUT2D eigenvalue weighted by molar-refractivity contribution is -0.150. The summed E-state index contributed by atoms with van der Waals surface area (Å²) in [5.41, 5.74) is 3.70. The second-order valence-corrected chi connectivity index (χ2v) is 9.98. The number of aromatic nitrogens is 4. The number of nitrogens with zero attached hydrogens (tertiary/aromatic N) is 5. The first-order valence-corrected chi connectivity index (χ1v) is 12.5. The number of carbonyl (C=O) groups is 3. The van der Waals surface area contributed by atoms with Gasteiger partial charge in [0, 0.05) is 23.1 Å². The van der Waals surface area contributed by atoms with Gasteiger partial charge in [-0.25, -0.2) is 14.9 Å². The van der Waals surface area contributed by atoms with Crippen molar-refractivity contribution in [1.29, 1.82) is 0 Å². The van der Waals surface area contributed by atoms with Crippen LogP contribution in [0.3, 0.4) is 0 Å². The average molecular weight is 567 g/mol. The normalized spacial score (nSPS) is 19.9. The van der Waals surface area contributed by atoms with Crippen LogP contribution in [0.4, 0.5) is 5.13 Å². The number of aromatic amines is 1. The number of aliphatic carboxylic acids is 1. The number of anilines is 1. The summed E-state index contributed by atoms with van der Waals surface area (Å²) < 4.78 is 0.965. The van der Waals surface area contributed by atoms with Gasteiger partial charge in [0.15, 0.2) is 16.7 Å². The predicted octanol–water partition coefficient (Wildman–Crippen LogP) is -1.43. The molecule has 0 aliphatic carbocycles. The van der Waals surface area contributed by atoms with Crippen LogP contribution in [0.2, 0.25) is 0 Å². The number of nitrogens with one attached hydrogen (secondary N) is 2. The zero-order valence-electron chi connectivity index (χ0n) is 19.0. The Morgan fingerprint density at radius 3 is 2.76 bits per heavy atom. The number of nitrogens with two attached hydrogens (primary N) is 1. The molecule has 2 aliphatic heterocycles. The van der Waals surface area contributed by atoms with E-state index in [9.17, 15) is 29.1 Å². The third kappa shape index (κ3) is 4.77. The number of rotatable bonds is 7. The van der Waals surface area contributed by atoms with Gasteiger partial charge in [-0.15, -0.1) is 35.7 Å². The summed E-state index contributed by atoms with van der Waals surface area (Å²) in [4.78, 5) is 71.1. The number of oxime groups is 1. The summed E-state index contributed by atoms with van der Waals surface area (Å²) in [6, 6.07) is -1.03. The van der Waals surface area contributed by atoms with E-state index >= 15 is 0 Å². The van der Waals surface area contributed by atoms with E-state index in [1.165, 1.54) is 37.4 Å². The van der Waals surface area contributed by atoms with Crippen molar-refractivity contribution in [2.24, 2.45) is 12.2 Å². The van der Waals surface area contributed by atoms with Crippen LogP contribution >= 0.6 is 35.7 Å². The predicted molar refractivity (Wildman–Crippen MR) is 137 cm³/mol. The zero-order chi connectivity index (χ0) is 27.0. The van der Waals surface area contributed by atoms with Crippen LogP contribution in [0, 0.1) is 0 Å². The Hall–Kier alpha value is -3.90. The maximum Gasteiger partial charge on any atom is 0.352 e. The lowest BCUT2D eigenvalue weighted by Gasteiger charge is -2.49. The zero-order valence-corrected chi connectivity index (χ0v) is 21.5. The van der Waals surface area contributed by atoms with E-state index in [0.717, 1.165) is 20.8 Å². The highest BCUT2D eigenvalue weighted by Crippen LogP contribution is 2.41.